The van der Waals surface area contributed by atoms with Gasteiger partial charge in [0.2, 0.25) is 5.78 Å². The van der Waals surface area contributed by atoms with E-state index < -0.39 is 41.5 Å². The van der Waals surface area contributed by atoms with Crippen LogP contribution >= 0.6 is 0 Å². The number of halogens is 3. The van der Waals surface area contributed by atoms with Crippen molar-refractivity contribution in [3.05, 3.63) is 29.3 Å². The van der Waals surface area contributed by atoms with Crippen LogP contribution in [0.4, 0.5) is 18.0 Å². The van der Waals surface area contributed by atoms with Gasteiger partial charge in [0.1, 0.15) is 19.1 Å². The molecule has 1 atom stereocenters. The third-order valence-corrected chi connectivity index (χ3v) is 6.44. The number of likely N-dealkylation sites (N-methyl/N-ethyl adjacent to an activating group) is 1. The van der Waals surface area contributed by atoms with Crippen molar-refractivity contribution in [1.29, 1.82) is 0 Å². The van der Waals surface area contributed by atoms with Crippen molar-refractivity contribution in [1.82, 2.24) is 4.90 Å². The molecule has 1 heterocycles. The van der Waals surface area contributed by atoms with Crippen molar-refractivity contribution in [3.8, 4) is 5.75 Å². The highest BCUT2D eigenvalue weighted by Gasteiger charge is 2.61. The Morgan fingerprint density at radius 3 is 2.33 bits per heavy atom. The standard InChI is InChI=1S/C25H35F3N2O6/c1-5-6-7-8-9-10-13-36-21-12-11-18(14-19(21)25(26,27)28)20(31)15-22(32)24(30(2,3)4)16-35-17-29(24)23(33)34/h11-12,14H,5-10,13,15-17H2,1-4H3/p+1. The van der Waals surface area contributed by atoms with Crippen LogP contribution in [0, 0.1) is 0 Å². The van der Waals surface area contributed by atoms with Gasteiger partial charge in [-0.05, 0) is 24.6 Å². The number of quaternary nitrogens is 1. The molecular weight excluding hydrogens is 481 g/mol. The van der Waals surface area contributed by atoms with Gasteiger partial charge in [0.25, 0.3) is 5.66 Å². The number of nitrogens with zero attached hydrogens (tertiary/aromatic N) is 2. The Hall–Kier alpha value is -2.66. The van der Waals surface area contributed by atoms with Gasteiger partial charge in [-0.1, -0.05) is 39.0 Å². The predicted octanol–water partition coefficient (Wildman–Crippen LogP) is 4.96. The zero-order chi connectivity index (χ0) is 27.1. The first-order chi connectivity index (χ1) is 16.8. The lowest BCUT2D eigenvalue weighted by Crippen LogP contribution is -2.71. The Bertz CT molecular complexity index is 945. The number of hydrogen-bond donors (Lipinski definition) is 1. The molecule has 0 aromatic heterocycles. The minimum absolute atomic E-state index is 0.123. The highest BCUT2D eigenvalue weighted by molar-refractivity contribution is 6.11. The highest BCUT2D eigenvalue weighted by atomic mass is 19.4. The summed E-state index contributed by atoms with van der Waals surface area (Å²) >= 11 is 0. The van der Waals surface area contributed by atoms with E-state index in [4.69, 9.17) is 9.47 Å². The lowest BCUT2D eigenvalue weighted by Gasteiger charge is -2.44. The zero-order valence-corrected chi connectivity index (χ0v) is 21.3. The molecule has 202 valence electrons. The Labute approximate surface area is 209 Å². The summed E-state index contributed by atoms with van der Waals surface area (Å²) in [6.45, 7) is 1.60. The minimum Gasteiger partial charge on any atom is -0.493 e. The maximum absolute atomic E-state index is 13.7. The lowest BCUT2D eigenvalue weighted by molar-refractivity contribution is -0.921. The molecule has 8 nitrogen and oxygen atoms in total. The second-order valence-electron chi connectivity index (χ2n) is 9.87. The Morgan fingerprint density at radius 1 is 1.11 bits per heavy atom. The first kappa shape index (κ1) is 29.6. The molecular formula is C25H36F3N2O6+. The molecule has 0 spiro atoms. The van der Waals surface area contributed by atoms with Gasteiger partial charge in [-0.2, -0.15) is 13.2 Å². The van der Waals surface area contributed by atoms with E-state index in [1.165, 1.54) is 6.07 Å². The van der Waals surface area contributed by atoms with E-state index in [2.05, 4.69) is 6.92 Å². The number of benzene rings is 1. The third kappa shape index (κ3) is 6.76. The molecule has 0 saturated carbocycles. The molecule has 36 heavy (non-hydrogen) atoms. The summed E-state index contributed by atoms with van der Waals surface area (Å²) in [7, 11) is 4.76. The van der Waals surface area contributed by atoms with Crippen LogP contribution < -0.4 is 4.74 Å². The molecule has 0 aliphatic carbocycles. The molecule has 1 unspecified atom stereocenters. The van der Waals surface area contributed by atoms with Gasteiger partial charge < -0.3 is 19.1 Å². The summed E-state index contributed by atoms with van der Waals surface area (Å²) in [6, 6.07) is 2.97. The van der Waals surface area contributed by atoms with Crippen LogP contribution in [-0.2, 0) is 15.7 Å². The summed E-state index contributed by atoms with van der Waals surface area (Å²) in [5.74, 6) is -1.97. The van der Waals surface area contributed by atoms with Gasteiger partial charge in [0.05, 0.1) is 39.7 Å². The number of unbranched alkanes of at least 4 members (excludes halogenated alkanes) is 5. The number of carbonyl (C=O) groups is 3. The van der Waals surface area contributed by atoms with Crippen LogP contribution in [-0.4, -0.2) is 78.9 Å². The first-order valence-corrected chi connectivity index (χ1v) is 12.1. The van der Waals surface area contributed by atoms with Gasteiger partial charge in [0, 0.05) is 5.56 Å². The van der Waals surface area contributed by atoms with Crippen molar-refractivity contribution >= 4 is 17.7 Å². The van der Waals surface area contributed by atoms with Crippen LogP contribution in [0.15, 0.2) is 18.2 Å². The topological polar surface area (TPSA) is 93.1 Å². The molecule has 1 saturated heterocycles. The van der Waals surface area contributed by atoms with Gasteiger partial charge in [0.15, 0.2) is 5.78 Å². The zero-order valence-electron chi connectivity index (χ0n) is 21.3. The first-order valence-electron chi connectivity index (χ1n) is 12.1. The molecule has 2 rings (SSSR count). The summed E-state index contributed by atoms with van der Waals surface area (Å²) in [6.07, 6.45) is -1.19. The van der Waals surface area contributed by atoms with Crippen LogP contribution in [0.3, 0.4) is 0 Å². The molecule has 1 aromatic rings. The van der Waals surface area contributed by atoms with Crippen LogP contribution in [0.5, 0.6) is 5.75 Å². The number of carbonyl (C=O) groups excluding carboxylic acids is 2. The minimum atomic E-state index is -4.76. The van der Waals surface area contributed by atoms with E-state index in [1.54, 1.807) is 21.1 Å². The average molecular weight is 518 g/mol. The van der Waals surface area contributed by atoms with Crippen molar-refractivity contribution < 1.29 is 46.6 Å². The number of alkyl halides is 3. The van der Waals surface area contributed by atoms with Crippen LogP contribution in [0.25, 0.3) is 0 Å². The molecule has 1 aliphatic heterocycles. The van der Waals surface area contributed by atoms with Gasteiger partial charge in [-0.15, -0.1) is 0 Å². The van der Waals surface area contributed by atoms with Crippen molar-refractivity contribution in [3.63, 3.8) is 0 Å². The van der Waals surface area contributed by atoms with Crippen molar-refractivity contribution in [2.24, 2.45) is 0 Å². The number of ether oxygens (including phenoxy) is 2. The predicted molar refractivity (Wildman–Crippen MR) is 126 cm³/mol. The third-order valence-electron chi connectivity index (χ3n) is 6.44. The summed E-state index contributed by atoms with van der Waals surface area (Å²) < 4.78 is 51.6. The maximum Gasteiger partial charge on any atom is 0.419 e. The van der Waals surface area contributed by atoms with E-state index in [9.17, 15) is 32.7 Å². The number of ketones is 2. The SMILES string of the molecule is CCCCCCCCOc1ccc(C(=O)CC(=O)C2([N+](C)(C)C)COCN2C(=O)O)cc1C(F)(F)F. The molecule has 0 radical (unpaired) electrons. The molecule has 1 aliphatic rings. The summed E-state index contributed by atoms with van der Waals surface area (Å²) in [4.78, 5) is 38.7. The molecule has 1 aromatic carbocycles. The van der Waals surface area contributed by atoms with Gasteiger partial charge >= 0.3 is 12.3 Å². The van der Waals surface area contributed by atoms with E-state index in [0.29, 0.717) is 12.5 Å². The van der Waals surface area contributed by atoms with E-state index in [0.717, 1.165) is 43.1 Å². The molecule has 0 bridgehead atoms. The Balaban J connectivity index is 2.19. The largest absolute Gasteiger partial charge is 0.493 e. The van der Waals surface area contributed by atoms with Gasteiger partial charge in [-0.3, -0.25) is 9.59 Å². The summed E-state index contributed by atoms with van der Waals surface area (Å²) in [5, 5.41) is 9.57. The van der Waals surface area contributed by atoms with Crippen molar-refractivity contribution in [2.75, 3.05) is 41.1 Å². The normalized spacial score (nSPS) is 18.4. The number of carboxylic acid groups (broad SMARTS) is 1. The average Bonchev–Trinajstić information content (AvgIpc) is 3.25. The molecule has 1 fully saturated rings. The quantitative estimate of drug-likeness (QED) is 0.172. The fourth-order valence-electron chi connectivity index (χ4n) is 4.34. The summed E-state index contributed by atoms with van der Waals surface area (Å²) in [5.41, 5.74) is -3.10. The second-order valence-corrected chi connectivity index (χ2v) is 9.87. The fourth-order valence-corrected chi connectivity index (χ4v) is 4.34. The number of amides is 1. The highest BCUT2D eigenvalue weighted by Crippen LogP contribution is 2.38. The van der Waals surface area contributed by atoms with E-state index in [1.807, 2.05) is 0 Å². The van der Waals surface area contributed by atoms with Crippen LogP contribution in [0.2, 0.25) is 0 Å². The Kier molecular flexibility index (Phi) is 9.90. The van der Waals surface area contributed by atoms with E-state index >= 15 is 0 Å². The molecule has 1 N–H and O–H groups in total. The number of Topliss-reactive ketones (excluding diaryl/α,β-unsaturated/α-hetero) is 2. The fraction of sp³-hybridized carbons (Fsp3) is 0.640. The molecule has 1 amide bonds. The van der Waals surface area contributed by atoms with Gasteiger partial charge in [-0.25, -0.2) is 9.69 Å². The molecule has 11 heteroatoms. The van der Waals surface area contributed by atoms with Crippen LogP contribution in [0.1, 0.15) is 67.8 Å². The Morgan fingerprint density at radius 2 is 1.75 bits per heavy atom. The maximum atomic E-state index is 13.7. The smallest absolute Gasteiger partial charge is 0.419 e. The lowest BCUT2D eigenvalue weighted by atomic mass is 9.93. The second kappa shape index (κ2) is 12.1. The van der Waals surface area contributed by atoms with Crippen molar-refractivity contribution in [2.45, 2.75) is 63.7 Å². The van der Waals surface area contributed by atoms with E-state index in [-0.39, 0.29) is 35.7 Å². The monoisotopic (exact) mass is 517 g/mol. The number of rotatable bonds is 13. The number of hydrogen-bond acceptors (Lipinski definition) is 5.